The van der Waals surface area contributed by atoms with E-state index in [9.17, 15) is 4.79 Å². The molecule has 1 aliphatic heterocycles. The van der Waals surface area contributed by atoms with Gasteiger partial charge in [0.1, 0.15) is 5.82 Å². The van der Waals surface area contributed by atoms with Crippen molar-refractivity contribution in [1.82, 2.24) is 4.98 Å². The van der Waals surface area contributed by atoms with Gasteiger partial charge in [0.05, 0.1) is 25.1 Å². The number of amides is 1. The van der Waals surface area contributed by atoms with Crippen LogP contribution >= 0.6 is 0 Å². The summed E-state index contributed by atoms with van der Waals surface area (Å²) in [5, 5.41) is 2.83. The molecule has 1 aromatic heterocycles. The molecule has 6 heteroatoms. The Morgan fingerprint density at radius 3 is 2.85 bits per heavy atom. The second-order valence-electron chi connectivity index (χ2n) is 5.07. The van der Waals surface area contributed by atoms with Gasteiger partial charge in [0.2, 0.25) is 5.91 Å². The summed E-state index contributed by atoms with van der Waals surface area (Å²) in [5.74, 6) is 0.894. The molecule has 1 amide bonds. The van der Waals surface area contributed by atoms with Crippen molar-refractivity contribution in [2.24, 2.45) is 5.73 Å². The van der Waals surface area contributed by atoms with Gasteiger partial charge in [-0.2, -0.15) is 0 Å². The summed E-state index contributed by atoms with van der Waals surface area (Å²) in [7, 11) is 0. The molecule has 20 heavy (non-hydrogen) atoms. The van der Waals surface area contributed by atoms with Crippen LogP contribution in [0.2, 0.25) is 0 Å². The van der Waals surface area contributed by atoms with Crippen molar-refractivity contribution in [1.29, 1.82) is 0 Å². The van der Waals surface area contributed by atoms with Crippen molar-refractivity contribution in [3.63, 3.8) is 0 Å². The highest BCUT2D eigenvalue weighted by atomic mass is 16.5. The summed E-state index contributed by atoms with van der Waals surface area (Å²) in [5.41, 5.74) is 6.35. The molecule has 3 N–H and O–H groups in total. The lowest BCUT2D eigenvalue weighted by Gasteiger charge is -2.27. The number of nitrogens with one attached hydrogen (secondary N) is 1. The SMILES string of the molecule is CC(N)CCC(=O)Nc1ccc(N2CCOCC2)nc1. The summed E-state index contributed by atoms with van der Waals surface area (Å²) in [6.45, 7) is 5.07. The highest BCUT2D eigenvalue weighted by Gasteiger charge is 2.12. The molecule has 0 aromatic carbocycles. The van der Waals surface area contributed by atoms with Crippen LogP contribution < -0.4 is 16.0 Å². The lowest BCUT2D eigenvalue weighted by atomic mass is 10.2. The van der Waals surface area contributed by atoms with Gasteiger partial charge in [-0.3, -0.25) is 4.79 Å². The average molecular weight is 278 g/mol. The number of carbonyl (C=O) groups is 1. The fraction of sp³-hybridized carbons (Fsp3) is 0.571. The molecule has 0 bridgehead atoms. The third-order valence-corrected chi connectivity index (χ3v) is 3.19. The lowest BCUT2D eigenvalue weighted by molar-refractivity contribution is -0.116. The number of rotatable bonds is 5. The van der Waals surface area contributed by atoms with Gasteiger partial charge in [-0.15, -0.1) is 0 Å². The van der Waals surface area contributed by atoms with Gasteiger partial charge in [-0.25, -0.2) is 4.98 Å². The molecule has 1 aromatic rings. The first-order chi connectivity index (χ1) is 9.65. The van der Waals surface area contributed by atoms with Crippen LogP contribution in [0.4, 0.5) is 11.5 Å². The maximum atomic E-state index is 11.7. The van der Waals surface area contributed by atoms with Crippen molar-refractivity contribution in [3.05, 3.63) is 18.3 Å². The minimum Gasteiger partial charge on any atom is -0.378 e. The quantitative estimate of drug-likeness (QED) is 0.839. The number of carbonyl (C=O) groups excluding carboxylic acids is 1. The van der Waals surface area contributed by atoms with E-state index in [1.807, 2.05) is 19.1 Å². The molecular weight excluding hydrogens is 256 g/mol. The van der Waals surface area contributed by atoms with Gasteiger partial charge in [0.25, 0.3) is 0 Å². The minimum atomic E-state index is -0.0248. The van der Waals surface area contributed by atoms with Crippen LogP contribution in [0, 0.1) is 0 Å². The first kappa shape index (κ1) is 14.7. The van der Waals surface area contributed by atoms with Gasteiger partial charge in [0, 0.05) is 25.6 Å². The molecule has 1 saturated heterocycles. The molecule has 0 radical (unpaired) electrons. The molecule has 1 atom stereocenters. The van der Waals surface area contributed by atoms with E-state index in [4.69, 9.17) is 10.5 Å². The lowest BCUT2D eigenvalue weighted by Crippen LogP contribution is -2.36. The van der Waals surface area contributed by atoms with E-state index < -0.39 is 0 Å². The zero-order valence-electron chi connectivity index (χ0n) is 11.8. The largest absolute Gasteiger partial charge is 0.378 e. The number of nitrogens with two attached hydrogens (primary N) is 1. The smallest absolute Gasteiger partial charge is 0.224 e. The predicted molar refractivity (Wildman–Crippen MR) is 78.8 cm³/mol. The Bertz CT molecular complexity index is 427. The second-order valence-corrected chi connectivity index (χ2v) is 5.07. The van der Waals surface area contributed by atoms with Crippen LogP contribution in [-0.2, 0) is 9.53 Å². The number of pyridine rings is 1. The molecule has 0 saturated carbocycles. The molecular formula is C14H22N4O2. The average Bonchev–Trinajstić information content (AvgIpc) is 2.47. The third-order valence-electron chi connectivity index (χ3n) is 3.19. The topological polar surface area (TPSA) is 80.5 Å². The fourth-order valence-electron chi connectivity index (χ4n) is 2.02. The molecule has 6 nitrogen and oxygen atoms in total. The Kier molecular flexibility index (Phi) is 5.31. The monoisotopic (exact) mass is 278 g/mol. The zero-order chi connectivity index (χ0) is 14.4. The van der Waals surface area contributed by atoms with Crippen LogP contribution in [-0.4, -0.2) is 43.2 Å². The highest BCUT2D eigenvalue weighted by Crippen LogP contribution is 2.15. The molecule has 1 aliphatic rings. The van der Waals surface area contributed by atoms with E-state index in [2.05, 4.69) is 15.2 Å². The Hall–Kier alpha value is -1.66. The van der Waals surface area contributed by atoms with E-state index in [0.717, 1.165) is 37.8 Å². The van der Waals surface area contributed by atoms with E-state index in [1.54, 1.807) is 6.20 Å². The summed E-state index contributed by atoms with van der Waals surface area (Å²) >= 11 is 0. The van der Waals surface area contributed by atoms with Gasteiger partial charge in [-0.1, -0.05) is 0 Å². The summed E-state index contributed by atoms with van der Waals surface area (Å²) in [6.07, 6.45) is 2.81. The zero-order valence-corrected chi connectivity index (χ0v) is 11.8. The Labute approximate surface area is 119 Å². The molecule has 1 fully saturated rings. The van der Waals surface area contributed by atoms with Gasteiger partial charge in [0.15, 0.2) is 0 Å². The number of hydrogen-bond acceptors (Lipinski definition) is 5. The molecule has 2 heterocycles. The summed E-state index contributed by atoms with van der Waals surface area (Å²) < 4.78 is 5.31. The summed E-state index contributed by atoms with van der Waals surface area (Å²) in [6, 6.07) is 3.84. The van der Waals surface area contributed by atoms with Crippen LogP contribution in [0.3, 0.4) is 0 Å². The van der Waals surface area contributed by atoms with E-state index in [1.165, 1.54) is 0 Å². The van der Waals surface area contributed by atoms with Gasteiger partial charge < -0.3 is 20.7 Å². The van der Waals surface area contributed by atoms with Gasteiger partial charge in [-0.05, 0) is 25.5 Å². The van der Waals surface area contributed by atoms with E-state index in [0.29, 0.717) is 12.8 Å². The summed E-state index contributed by atoms with van der Waals surface area (Å²) in [4.78, 5) is 18.2. The Morgan fingerprint density at radius 2 is 2.25 bits per heavy atom. The standard InChI is InChI=1S/C14H22N4O2/c1-11(15)2-5-14(19)17-12-3-4-13(16-10-12)18-6-8-20-9-7-18/h3-4,10-11H,2,5-9,15H2,1H3,(H,17,19). The molecule has 110 valence electrons. The minimum absolute atomic E-state index is 0.0248. The van der Waals surface area contributed by atoms with Crippen molar-refractivity contribution < 1.29 is 9.53 Å². The molecule has 2 rings (SSSR count). The number of aromatic nitrogens is 1. The predicted octanol–water partition coefficient (Wildman–Crippen LogP) is 0.984. The van der Waals surface area contributed by atoms with Gasteiger partial charge >= 0.3 is 0 Å². The van der Waals surface area contributed by atoms with Crippen molar-refractivity contribution in [2.75, 3.05) is 36.5 Å². The number of ether oxygens (including phenoxy) is 1. The maximum Gasteiger partial charge on any atom is 0.224 e. The number of nitrogens with zero attached hydrogens (tertiary/aromatic N) is 2. The maximum absolute atomic E-state index is 11.7. The number of anilines is 2. The number of morpholine rings is 1. The highest BCUT2D eigenvalue weighted by molar-refractivity contribution is 5.90. The van der Waals surface area contributed by atoms with Crippen molar-refractivity contribution in [2.45, 2.75) is 25.8 Å². The molecule has 0 aliphatic carbocycles. The van der Waals surface area contributed by atoms with Crippen molar-refractivity contribution in [3.8, 4) is 0 Å². The van der Waals surface area contributed by atoms with E-state index in [-0.39, 0.29) is 11.9 Å². The van der Waals surface area contributed by atoms with Crippen LogP contribution in [0.15, 0.2) is 18.3 Å². The van der Waals surface area contributed by atoms with Crippen LogP contribution in [0.5, 0.6) is 0 Å². The fourth-order valence-corrected chi connectivity index (χ4v) is 2.02. The van der Waals surface area contributed by atoms with Crippen LogP contribution in [0.25, 0.3) is 0 Å². The van der Waals surface area contributed by atoms with Crippen molar-refractivity contribution >= 4 is 17.4 Å². The molecule has 1 unspecified atom stereocenters. The normalized spacial score (nSPS) is 16.8. The Morgan fingerprint density at radius 1 is 1.50 bits per heavy atom. The number of hydrogen-bond donors (Lipinski definition) is 2. The van der Waals surface area contributed by atoms with E-state index >= 15 is 0 Å². The third kappa shape index (κ3) is 4.47. The first-order valence-corrected chi connectivity index (χ1v) is 6.99. The first-order valence-electron chi connectivity index (χ1n) is 6.99. The Balaban J connectivity index is 1.86. The molecule has 0 spiro atoms. The second kappa shape index (κ2) is 7.21. The van der Waals surface area contributed by atoms with Crippen LogP contribution in [0.1, 0.15) is 19.8 Å².